The van der Waals surface area contributed by atoms with Crippen LogP contribution < -0.4 is 5.32 Å². The number of fused-ring (bicyclic) bond motifs is 4. The number of piperidine rings is 2. The molecule has 0 radical (unpaired) electrons. The average molecular weight is 431 g/mol. The molecule has 3 fully saturated rings. The second-order valence-electron chi connectivity index (χ2n) is 8.87. The number of hydrogen-bond acceptors (Lipinski definition) is 5. The number of carbonyl (C=O) groups is 3. The molecule has 3 unspecified atom stereocenters. The highest BCUT2D eigenvalue weighted by Crippen LogP contribution is 2.39. The summed E-state index contributed by atoms with van der Waals surface area (Å²) in [5, 5.41) is 8.78. The van der Waals surface area contributed by atoms with Crippen LogP contribution in [0.2, 0.25) is 0 Å². The standard InChI is InChI=1S/C25H25N3O4/c1-15(29)23-12-21(27-32-23)24(30)26-13-20-10-16-6-9-22(20)28(14-16)25(31)19-8-7-17-4-2-3-5-18(17)11-19/h2-5,7-8,11-12,16,20,22H,6,9-10,13-14H2,1H3,(H,26,30). The van der Waals surface area contributed by atoms with Crippen LogP contribution in [0.1, 0.15) is 57.6 Å². The molecular formula is C25H25N3O4. The monoisotopic (exact) mass is 431 g/mol. The maximum atomic E-state index is 13.4. The Labute approximate surface area is 185 Å². The first-order valence-corrected chi connectivity index (χ1v) is 11.0. The normalized spacial score (nSPS) is 22.2. The van der Waals surface area contributed by atoms with Crippen molar-refractivity contribution in [2.45, 2.75) is 32.2 Å². The third-order valence-electron chi connectivity index (χ3n) is 6.78. The molecule has 2 aliphatic heterocycles. The van der Waals surface area contributed by atoms with E-state index in [1.54, 1.807) is 0 Å². The van der Waals surface area contributed by atoms with Gasteiger partial charge in [-0.25, -0.2) is 0 Å². The Hall–Kier alpha value is -3.48. The van der Waals surface area contributed by atoms with E-state index < -0.39 is 0 Å². The summed E-state index contributed by atoms with van der Waals surface area (Å²) in [4.78, 5) is 39.2. The highest BCUT2D eigenvalue weighted by atomic mass is 16.5. The van der Waals surface area contributed by atoms with Crippen molar-refractivity contribution in [1.29, 1.82) is 0 Å². The Morgan fingerprint density at radius 1 is 1.09 bits per heavy atom. The third-order valence-corrected chi connectivity index (χ3v) is 6.78. The second kappa shape index (κ2) is 8.22. The summed E-state index contributed by atoms with van der Waals surface area (Å²) in [6, 6.07) is 15.4. The lowest BCUT2D eigenvalue weighted by Gasteiger charge is -2.50. The predicted octanol–water partition coefficient (Wildman–Crippen LogP) is 3.70. The van der Waals surface area contributed by atoms with Crippen LogP contribution in [0.4, 0.5) is 0 Å². The minimum Gasteiger partial charge on any atom is -0.352 e. The van der Waals surface area contributed by atoms with Crippen molar-refractivity contribution in [1.82, 2.24) is 15.4 Å². The van der Waals surface area contributed by atoms with Gasteiger partial charge < -0.3 is 14.7 Å². The molecule has 164 valence electrons. The van der Waals surface area contributed by atoms with Gasteiger partial charge in [0.15, 0.2) is 11.5 Å². The largest absolute Gasteiger partial charge is 0.352 e. The van der Waals surface area contributed by atoms with Crippen LogP contribution in [-0.4, -0.2) is 46.8 Å². The van der Waals surface area contributed by atoms with Crippen LogP contribution in [0, 0.1) is 11.8 Å². The minimum atomic E-state index is -0.366. The SMILES string of the molecule is CC(=O)c1cc(C(=O)NCC2CC3CCC2N(C(=O)c2ccc4ccccc4c2)C3)no1. The van der Waals surface area contributed by atoms with Crippen molar-refractivity contribution in [2.24, 2.45) is 11.8 Å². The molecule has 3 aromatic rings. The number of amides is 2. The number of benzene rings is 2. The quantitative estimate of drug-likeness (QED) is 0.622. The summed E-state index contributed by atoms with van der Waals surface area (Å²) >= 11 is 0. The van der Waals surface area contributed by atoms with E-state index in [1.165, 1.54) is 13.0 Å². The lowest BCUT2D eigenvalue weighted by atomic mass is 9.72. The number of rotatable bonds is 5. The van der Waals surface area contributed by atoms with Crippen molar-refractivity contribution >= 4 is 28.4 Å². The van der Waals surface area contributed by atoms with Gasteiger partial charge in [-0.05, 0) is 54.0 Å². The molecule has 2 aromatic carbocycles. The Kier molecular flexibility index (Phi) is 5.25. The number of ketones is 1. The first-order chi connectivity index (χ1) is 15.5. The summed E-state index contributed by atoms with van der Waals surface area (Å²) in [5.74, 6) is 0.125. The summed E-state index contributed by atoms with van der Waals surface area (Å²) in [6.45, 7) is 2.60. The molecule has 2 amide bonds. The number of nitrogens with one attached hydrogen (secondary N) is 1. The molecule has 2 bridgehead atoms. The van der Waals surface area contributed by atoms with E-state index in [4.69, 9.17) is 4.52 Å². The van der Waals surface area contributed by atoms with Crippen LogP contribution in [0.25, 0.3) is 10.8 Å². The first kappa shape index (κ1) is 20.4. The van der Waals surface area contributed by atoms with Crippen LogP contribution in [0.3, 0.4) is 0 Å². The Bertz CT molecular complexity index is 1200. The zero-order chi connectivity index (χ0) is 22.2. The number of carbonyl (C=O) groups excluding carboxylic acids is 3. The molecule has 6 rings (SSSR count). The lowest BCUT2D eigenvalue weighted by molar-refractivity contribution is 0.00620. The molecule has 3 aliphatic rings. The number of hydrogen-bond donors (Lipinski definition) is 1. The fourth-order valence-electron chi connectivity index (χ4n) is 5.14. The van der Waals surface area contributed by atoms with Gasteiger partial charge in [0, 0.05) is 37.7 Å². The summed E-state index contributed by atoms with van der Waals surface area (Å²) in [6.07, 6.45) is 3.05. The third kappa shape index (κ3) is 3.79. The molecule has 0 spiro atoms. The minimum absolute atomic E-state index is 0.0593. The molecule has 7 heteroatoms. The van der Waals surface area contributed by atoms with Crippen molar-refractivity contribution in [3.8, 4) is 0 Å². The van der Waals surface area contributed by atoms with Gasteiger partial charge in [0.2, 0.25) is 5.76 Å². The van der Waals surface area contributed by atoms with Crippen LogP contribution >= 0.6 is 0 Å². The zero-order valence-electron chi connectivity index (χ0n) is 17.9. The average Bonchev–Trinajstić information content (AvgIpc) is 3.33. The van der Waals surface area contributed by atoms with E-state index in [-0.39, 0.29) is 41.0 Å². The molecule has 3 heterocycles. The van der Waals surface area contributed by atoms with Gasteiger partial charge in [-0.2, -0.15) is 0 Å². The number of Topliss-reactive ketones (excluding diaryl/α,β-unsaturated/α-hetero) is 1. The molecule has 1 N–H and O–H groups in total. The van der Waals surface area contributed by atoms with Gasteiger partial charge >= 0.3 is 0 Å². The van der Waals surface area contributed by atoms with E-state index in [9.17, 15) is 14.4 Å². The number of nitrogens with zero attached hydrogens (tertiary/aromatic N) is 2. The van der Waals surface area contributed by atoms with Crippen molar-refractivity contribution in [3.05, 3.63) is 65.5 Å². The topological polar surface area (TPSA) is 92.5 Å². The van der Waals surface area contributed by atoms with Crippen LogP contribution in [-0.2, 0) is 0 Å². The van der Waals surface area contributed by atoms with E-state index in [2.05, 4.69) is 10.5 Å². The Balaban J connectivity index is 1.28. The van der Waals surface area contributed by atoms with Gasteiger partial charge in [0.1, 0.15) is 0 Å². The Morgan fingerprint density at radius 3 is 2.66 bits per heavy atom. The highest BCUT2D eigenvalue weighted by molar-refractivity contribution is 5.99. The fourth-order valence-corrected chi connectivity index (χ4v) is 5.14. The van der Waals surface area contributed by atoms with Crippen LogP contribution in [0.15, 0.2) is 53.1 Å². The van der Waals surface area contributed by atoms with Crippen molar-refractivity contribution in [3.63, 3.8) is 0 Å². The van der Waals surface area contributed by atoms with Gasteiger partial charge in [-0.3, -0.25) is 14.4 Å². The van der Waals surface area contributed by atoms with Gasteiger partial charge in [0.05, 0.1) is 0 Å². The smallest absolute Gasteiger partial charge is 0.273 e. The number of aromatic nitrogens is 1. The lowest BCUT2D eigenvalue weighted by Crippen LogP contribution is -2.57. The van der Waals surface area contributed by atoms with E-state index >= 15 is 0 Å². The van der Waals surface area contributed by atoms with E-state index in [0.29, 0.717) is 18.0 Å². The van der Waals surface area contributed by atoms with Crippen LogP contribution in [0.5, 0.6) is 0 Å². The molecule has 2 saturated heterocycles. The molecule has 3 atom stereocenters. The first-order valence-electron chi connectivity index (χ1n) is 11.0. The summed E-state index contributed by atoms with van der Waals surface area (Å²) in [7, 11) is 0. The van der Waals surface area contributed by atoms with Crippen molar-refractivity contribution < 1.29 is 18.9 Å². The van der Waals surface area contributed by atoms with Gasteiger partial charge in [-0.15, -0.1) is 0 Å². The molecule has 1 aromatic heterocycles. The van der Waals surface area contributed by atoms with E-state index in [1.807, 2.05) is 47.4 Å². The highest BCUT2D eigenvalue weighted by Gasteiger charge is 2.43. The zero-order valence-corrected chi connectivity index (χ0v) is 17.9. The summed E-state index contributed by atoms with van der Waals surface area (Å²) < 4.78 is 4.90. The maximum Gasteiger partial charge on any atom is 0.273 e. The molecule has 1 saturated carbocycles. The van der Waals surface area contributed by atoms with Gasteiger partial charge in [0.25, 0.3) is 11.8 Å². The van der Waals surface area contributed by atoms with Gasteiger partial charge in [-0.1, -0.05) is 35.5 Å². The summed E-state index contributed by atoms with van der Waals surface area (Å²) in [5.41, 5.74) is 0.804. The molecule has 32 heavy (non-hydrogen) atoms. The molecular weight excluding hydrogens is 406 g/mol. The van der Waals surface area contributed by atoms with E-state index in [0.717, 1.165) is 36.6 Å². The fraction of sp³-hybridized carbons (Fsp3) is 0.360. The second-order valence-corrected chi connectivity index (χ2v) is 8.87. The predicted molar refractivity (Wildman–Crippen MR) is 118 cm³/mol. The van der Waals surface area contributed by atoms with Crippen molar-refractivity contribution in [2.75, 3.05) is 13.1 Å². The Morgan fingerprint density at radius 2 is 1.91 bits per heavy atom. The maximum absolute atomic E-state index is 13.4. The molecule has 1 aliphatic carbocycles. The molecule has 7 nitrogen and oxygen atoms in total.